The fraction of sp³-hybridized carbons (Fsp3) is 0.529. The lowest BCUT2D eigenvalue weighted by atomic mass is 10.1. The summed E-state index contributed by atoms with van der Waals surface area (Å²) in [6.07, 6.45) is 0.269. The van der Waals surface area contributed by atoms with Crippen molar-refractivity contribution in [2.75, 3.05) is 25.6 Å². The van der Waals surface area contributed by atoms with E-state index in [1.54, 1.807) is 12.0 Å². The summed E-state index contributed by atoms with van der Waals surface area (Å²) in [6.45, 7) is 6.92. The zero-order valence-corrected chi connectivity index (χ0v) is 13.7. The van der Waals surface area contributed by atoms with E-state index in [1.165, 1.54) is 5.56 Å². The highest BCUT2D eigenvalue weighted by molar-refractivity contribution is 5.97. The Morgan fingerprint density at radius 3 is 2.77 bits per heavy atom. The Morgan fingerprint density at radius 2 is 2.14 bits per heavy atom. The van der Waals surface area contributed by atoms with Gasteiger partial charge in [-0.2, -0.15) is 0 Å². The summed E-state index contributed by atoms with van der Waals surface area (Å²) in [5.41, 5.74) is 3.10. The zero-order chi connectivity index (χ0) is 16.3. The number of hydrogen-bond donors (Lipinski definition) is 1. The molecule has 5 nitrogen and oxygen atoms in total. The Morgan fingerprint density at radius 1 is 1.41 bits per heavy atom. The van der Waals surface area contributed by atoms with E-state index in [1.807, 2.05) is 39.0 Å². The molecule has 22 heavy (non-hydrogen) atoms. The number of ether oxygens (including phenoxy) is 1. The number of hydrogen-bond acceptors (Lipinski definition) is 3. The molecular weight excluding hydrogens is 280 g/mol. The third-order valence-corrected chi connectivity index (χ3v) is 4.24. The number of amides is 2. The van der Waals surface area contributed by atoms with Crippen molar-refractivity contribution in [2.45, 2.75) is 33.2 Å². The summed E-state index contributed by atoms with van der Waals surface area (Å²) >= 11 is 0. The van der Waals surface area contributed by atoms with Crippen molar-refractivity contribution in [2.24, 2.45) is 5.92 Å². The van der Waals surface area contributed by atoms with Crippen LogP contribution in [-0.4, -0.2) is 43.0 Å². The molecule has 0 saturated carbocycles. The highest BCUT2D eigenvalue weighted by atomic mass is 16.5. The summed E-state index contributed by atoms with van der Waals surface area (Å²) in [6, 6.07) is 5.83. The maximum atomic E-state index is 12.4. The summed E-state index contributed by atoms with van der Waals surface area (Å²) in [5.74, 6) is -0.373. The number of aryl methyl sites for hydroxylation is 2. The highest BCUT2D eigenvalue weighted by Gasteiger charge is 2.36. The Balaban J connectivity index is 1.99. The second-order valence-corrected chi connectivity index (χ2v) is 6.04. The van der Waals surface area contributed by atoms with Crippen molar-refractivity contribution >= 4 is 17.5 Å². The van der Waals surface area contributed by atoms with Crippen LogP contribution in [0.15, 0.2) is 18.2 Å². The molecule has 120 valence electrons. The molecule has 1 fully saturated rings. The zero-order valence-electron chi connectivity index (χ0n) is 13.7. The molecule has 0 spiro atoms. The average Bonchev–Trinajstić information content (AvgIpc) is 2.85. The van der Waals surface area contributed by atoms with Gasteiger partial charge >= 0.3 is 0 Å². The molecule has 2 amide bonds. The molecule has 2 atom stereocenters. The van der Waals surface area contributed by atoms with Crippen LogP contribution in [0.5, 0.6) is 0 Å². The van der Waals surface area contributed by atoms with Gasteiger partial charge in [0.2, 0.25) is 11.8 Å². The highest BCUT2D eigenvalue weighted by Crippen LogP contribution is 2.22. The van der Waals surface area contributed by atoms with Crippen LogP contribution in [0, 0.1) is 19.8 Å². The molecule has 0 bridgehead atoms. The van der Waals surface area contributed by atoms with Gasteiger partial charge in [0.05, 0.1) is 18.6 Å². The first-order valence-corrected chi connectivity index (χ1v) is 7.59. The van der Waals surface area contributed by atoms with Crippen molar-refractivity contribution < 1.29 is 14.3 Å². The number of rotatable bonds is 5. The number of carbonyl (C=O) groups is 2. The molecule has 0 aromatic heterocycles. The van der Waals surface area contributed by atoms with Crippen molar-refractivity contribution in [3.63, 3.8) is 0 Å². The SMILES string of the molecule is COC[C@H](C)N1C[C@H](C(=O)Nc2ccc(C)c(C)c2)CC1=O. The topological polar surface area (TPSA) is 58.6 Å². The molecule has 0 unspecified atom stereocenters. The van der Waals surface area contributed by atoms with E-state index in [0.29, 0.717) is 13.2 Å². The van der Waals surface area contributed by atoms with Gasteiger partial charge in [-0.25, -0.2) is 0 Å². The van der Waals surface area contributed by atoms with Gasteiger partial charge in [-0.1, -0.05) is 6.07 Å². The van der Waals surface area contributed by atoms with E-state index in [-0.39, 0.29) is 30.2 Å². The van der Waals surface area contributed by atoms with Crippen LogP contribution in [0.1, 0.15) is 24.5 Å². The number of carbonyl (C=O) groups excluding carboxylic acids is 2. The Hall–Kier alpha value is -1.88. The maximum absolute atomic E-state index is 12.4. The normalized spacial score (nSPS) is 19.4. The number of nitrogens with one attached hydrogen (secondary N) is 1. The molecule has 0 radical (unpaired) electrons. The van der Waals surface area contributed by atoms with E-state index >= 15 is 0 Å². The number of methoxy groups -OCH3 is 1. The minimum atomic E-state index is -0.298. The van der Waals surface area contributed by atoms with E-state index in [0.717, 1.165) is 11.3 Å². The van der Waals surface area contributed by atoms with Gasteiger partial charge in [0.15, 0.2) is 0 Å². The van der Waals surface area contributed by atoms with Crippen LogP contribution in [0.3, 0.4) is 0 Å². The fourth-order valence-electron chi connectivity index (χ4n) is 2.73. The van der Waals surface area contributed by atoms with Crippen LogP contribution in [-0.2, 0) is 14.3 Å². The Kier molecular flexibility index (Phi) is 5.19. The minimum absolute atomic E-state index is 0.00285. The molecular formula is C17H24N2O3. The first kappa shape index (κ1) is 16.5. The molecule has 1 aromatic carbocycles. The first-order valence-electron chi connectivity index (χ1n) is 7.59. The van der Waals surface area contributed by atoms with Crippen molar-refractivity contribution in [3.05, 3.63) is 29.3 Å². The van der Waals surface area contributed by atoms with E-state index in [4.69, 9.17) is 4.74 Å². The average molecular weight is 304 g/mol. The molecule has 1 aliphatic heterocycles. The summed E-state index contributed by atoms with van der Waals surface area (Å²) in [4.78, 5) is 26.1. The number of benzene rings is 1. The minimum Gasteiger partial charge on any atom is -0.383 e. The maximum Gasteiger partial charge on any atom is 0.229 e. The molecule has 1 aromatic rings. The molecule has 1 saturated heterocycles. The predicted octanol–water partition coefficient (Wildman–Crippen LogP) is 2.13. The van der Waals surface area contributed by atoms with E-state index < -0.39 is 0 Å². The number of likely N-dealkylation sites (tertiary alicyclic amines) is 1. The quantitative estimate of drug-likeness (QED) is 0.906. The van der Waals surface area contributed by atoms with Gasteiger partial charge in [-0.15, -0.1) is 0 Å². The third-order valence-electron chi connectivity index (χ3n) is 4.24. The molecule has 2 rings (SSSR count). The summed E-state index contributed by atoms with van der Waals surface area (Å²) in [7, 11) is 1.61. The predicted molar refractivity (Wildman–Crippen MR) is 85.7 cm³/mol. The lowest BCUT2D eigenvalue weighted by molar-refractivity contribution is -0.130. The monoisotopic (exact) mass is 304 g/mol. The van der Waals surface area contributed by atoms with Crippen molar-refractivity contribution in [1.82, 2.24) is 4.90 Å². The molecule has 1 heterocycles. The van der Waals surface area contributed by atoms with Crippen LogP contribution in [0.2, 0.25) is 0 Å². The van der Waals surface area contributed by atoms with E-state index in [9.17, 15) is 9.59 Å². The standard InChI is InChI=1S/C17H24N2O3/c1-11-5-6-15(7-12(11)2)18-17(21)14-8-16(20)19(9-14)13(3)10-22-4/h5-7,13-14H,8-10H2,1-4H3,(H,18,21)/t13-,14+/m0/s1. The Labute approximate surface area is 131 Å². The number of anilines is 1. The summed E-state index contributed by atoms with van der Waals surface area (Å²) in [5, 5.41) is 2.91. The lowest BCUT2D eigenvalue weighted by Gasteiger charge is -2.23. The van der Waals surface area contributed by atoms with E-state index in [2.05, 4.69) is 5.32 Å². The van der Waals surface area contributed by atoms with Gasteiger partial charge in [-0.3, -0.25) is 9.59 Å². The first-order chi connectivity index (χ1) is 10.4. The summed E-state index contributed by atoms with van der Waals surface area (Å²) < 4.78 is 5.09. The Bertz CT molecular complexity index is 571. The van der Waals surface area contributed by atoms with Crippen LogP contribution in [0.25, 0.3) is 0 Å². The van der Waals surface area contributed by atoms with Crippen molar-refractivity contribution in [1.29, 1.82) is 0 Å². The second-order valence-electron chi connectivity index (χ2n) is 6.04. The molecule has 0 aliphatic carbocycles. The van der Waals surface area contributed by atoms with Crippen LogP contribution in [0.4, 0.5) is 5.69 Å². The van der Waals surface area contributed by atoms with Crippen molar-refractivity contribution in [3.8, 4) is 0 Å². The van der Waals surface area contributed by atoms with Crippen LogP contribution >= 0.6 is 0 Å². The second kappa shape index (κ2) is 6.92. The van der Waals surface area contributed by atoms with Gasteiger partial charge in [0.1, 0.15) is 0 Å². The number of nitrogens with zero attached hydrogens (tertiary/aromatic N) is 1. The van der Waals surface area contributed by atoms with Gasteiger partial charge < -0.3 is 15.0 Å². The fourth-order valence-corrected chi connectivity index (χ4v) is 2.73. The molecule has 1 N–H and O–H groups in total. The largest absolute Gasteiger partial charge is 0.383 e. The third kappa shape index (κ3) is 3.65. The van der Waals surface area contributed by atoms with Gasteiger partial charge in [0, 0.05) is 25.8 Å². The van der Waals surface area contributed by atoms with Crippen LogP contribution < -0.4 is 5.32 Å². The lowest BCUT2D eigenvalue weighted by Crippen LogP contribution is -2.38. The molecule has 5 heteroatoms. The van der Waals surface area contributed by atoms with Gasteiger partial charge in [-0.05, 0) is 44.0 Å². The smallest absolute Gasteiger partial charge is 0.229 e. The van der Waals surface area contributed by atoms with Gasteiger partial charge in [0.25, 0.3) is 0 Å². The molecule has 1 aliphatic rings.